The summed E-state index contributed by atoms with van der Waals surface area (Å²) in [5, 5.41) is 10.8. The molecule has 5 aromatic rings. The second-order valence-electron chi connectivity index (χ2n) is 8.82. The summed E-state index contributed by atoms with van der Waals surface area (Å²) in [5.41, 5.74) is 5.11. The fraction of sp³-hybridized carbons (Fsp3) is 0.214. The third kappa shape index (κ3) is 3.79. The maximum atomic E-state index is 14.1. The highest BCUT2D eigenvalue weighted by Crippen LogP contribution is 2.33. The molecule has 2 aromatic heterocycles. The predicted molar refractivity (Wildman–Crippen MR) is 136 cm³/mol. The van der Waals surface area contributed by atoms with Crippen molar-refractivity contribution in [1.29, 1.82) is 0 Å². The number of carboxylic acid groups (broad SMARTS) is 1. The smallest absolute Gasteiger partial charge is 0.330 e. The Morgan fingerprint density at radius 2 is 1.69 bits per heavy atom. The van der Waals surface area contributed by atoms with E-state index in [1.807, 2.05) is 61.7 Å². The van der Waals surface area contributed by atoms with Crippen molar-refractivity contribution in [1.82, 2.24) is 14.1 Å². The van der Waals surface area contributed by atoms with E-state index in [1.165, 1.54) is 0 Å². The number of nitrogens with zero attached hydrogens (tertiary/aromatic N) is 2. The molecule has 2 N–H and O–H groups in total. The van der Waals surface area contributed by atoms with E-state index in [-0.39, 0.29) is 18.2 Å². The summed E-state index contributed by atoms with van der Waals surface area (Å²) in [5.74, 6) is -0.309. The minimum Gasteiger partial charge on any atom is -0.497 e. The van der Waals surface area contributed by atoms with Crippen LogP contribution in [0, 0.1) is 6.92 Å². The number of H-pyrrole nitrogens is 1. The molecule has 2 heterocycles. The summed E-state index contributed by atoms with van der Waals surface area (Å²) < 4.78 is 8.64. The van der Waals surface area contributed by atoms with Crippen LogP contribution in [-0.4, -0.2) is 32.3 Å². The van der Waals surface area contributed by atoms with Gasteiger partial charge in [0.05, 0.1) is 36.6 Å². The van der Waals surface area contributed by atoms with Crippen LogP contribution in [0.25, 0.3) is 21.9 Å². The summed E-state index contributed by atoms with van der Waals surface area (Å²) >= 11 is 0. The first-order chi connectivity index (χ1) is 16.9. The van der Waals surface area contributed by atoms with Crippen LogP contribution in [0.3, 0.4) is 0 Å². The average Bonchev–Trinajstić information content (AvgIpc) is 3.42. The number of hydrogen-bond donors (Lipinski definition) is 2. The van der Waals surface area contributed by atoms with Crippen LogP contribution >= 0.6 is 0 Å². The molecular formula is C28H27N3O4. The van der Waals surface area contributed by atoms with Crippen molar-refractivity contribution >= 4 is 27.9 Å². The van der Waals surface area contributed by atoms with E-state index >= 15 is 0 Å². The highest BCUT2D eigenvalue weighted by atomic mass is 16.5. The molecule has 0 spiro atoms. The zero-order valence-corrected chi connectivity index (χ0v) is 19.9. The fourth-order valence-electron chi connectivity index (χ4n) is 5.09. The van der Waals surface area contributed by atoms with Crippen molar-refractivity contribution < 1.29 is 14.6 Å². The van der Waals surface area contributed by atoms with E-state index in [0.29, 0.717) is 11.3 Å². The molecule has 5 rings (SSSR count). The Balaban J connectivity index is 1.73. The molecule has 2 atom stereocenters. The van der Waals surface area contributed by atoms with E-state index in [2.05, 4.69) is 18.0 Å². The Hall–Kier alpha value is -4.26. The molecular weight excluding hydrogens is 442 g/mol. The van der Waals surface area contributed by atoms with Gasteiger partial charge in [-0.1, -0.05) is 36.4 Å². The molecule has 0 saturated carbocycles. The van der Waals surface area contributed by atoms with Crippen LogP contribution in [0.1, 0.15) is 42.1 Å². The molecule has 7 nitrogen and oxygen atoms in total. The summed E-state index contributed by atoms with van der Waals surface area (Å²) in [4.78, 5) is 29.3. The molecule has 0 aliphatic carbocycles. The van der Waals surface area contributed by atoms with Gasteiger partial charge in [0.15, 0.2) is 0 Å². The molecule has 3 aromatic carbocycles. The van der Waals surface area contributed by atoms with Crippen molar-refractivity contribution in [3.8, 4) is 5.75 Å². The van der Waals surface area contributed by atoms with Gasteiger partial charge in [0.1, 0.15) is 5.75 Å². The highest BCUT2D eigenvalue weighted by molar-refractivity contribution is 5.87. The van der Waals surface area contributed by atoms with E-state index in [0.717, 1.165) is 33.1 Å². The van der Waals surface area contributed by atoms with Crippen molar-refractivity contribution in [3.05, 3.63) is 100 Å². The lowest BCUT2D eigenvalue weighted by Crippen LogP contribution is -2.31. The number of para-hydroxylation sites is 2. The Morgan fingerprint density at radius 1 is 1.00 bits per heavy atom. The molecule has 0 fully saturated rings. The third-order valence-electron chi connectivity index (χ3n) is 6.78. The van der Waals surface area contributed by atoms with E-state index < -0.39 is 12.0 Å². The molecule has 7 heteroatoms. The van der Waals surface area contributed by atoms with Gasteiger partial charge in [0.25, 0.3) is 0 Å². The SMILES string of the molecule is COc1ccc(C(CC(=O)O)n2c(=O)n(C(C)c3c[nH]c4cccc(C)c34)c3ccccc32)cc1. The number of benzene rings is 3. The van der Waals surface area contributed by atoms with Gasteiger partial charge >= 0.3 is 11.7 Å². The van der Waals surface area contributed by atoms with Crippen molar-refractivity contribution in [2.75, 3.05) is 7.11 Å². The Labute approximate surface area is 202 Å². The van der Waals surface area contributed by atoms with Gasteiger partial charge in [-0.2, -0.15) is 0 Å². The zero-order chi connectivity index (χ0) is 24.7. The lowest BCUT2D eigenvalue weighted by Gasteiger charge is -2.18. The van der Waals surface area contributed by atoms with Crippen LogP contribution in [0.4, 0.5) is 0 Å². The number of fused-ring (bicyclic) bond motifs is 2. The van der Waals surface area contributed by atoms with Crippen LogP contribution < -0.4 is 10.4 Å². The van der Waals surface area contributed by atoms with Gasteiger partial charge in [-0.15, -0.1) is 0 Å². The molecule has 0 bridgehead atoms. The monoisotopic (exact) mass is 469 g/mol. The van der Waals surface area contributed by atoms with Crippen LogP contribution in [0.15, 0.2) is 77.7 Å². The second-order valence-corrected chi connectivity index (χ2v) is 8.82. The first-order valence-electron chi connectivity index (χ1n) is 11.5. The molecule has 0 saturated heterocycles. The van der Waals surface area contributed by atoms with Gasteiger partial charge in [0.2, 0.25) is 0 Å². The number of hydrogen-bond acceptors (Lipinski definition) is 3. The topological polar surface area (TPSA) is 89.2 Å². The number of aromatic nitrogens is 3. The fourth-order valence-corrected chi connectivity index (χ4v) is 5.09. The third-order valence-corrected chi connectivity index (χ3v) is 6.78. The number of methoxy groups -OCH3 is 1. The molecule has 178 valence electrons. The summed E-state index contributed by atoms with van der Waals surface area (Å²) in [7, 11) is 1.58. The number of nitrogens with one attached hydrogen (secondary N) is 1. The minimum atomic E-state index is -0.977. The Bertz CT molecular complexity index is 1590. The standard InChI is InChI=1S/C28H27N3O4/c1-17-7-6-8-22-27(17)21(16-29-22)18(2)30-23-9-4-5-10-24(23)31(28(30)34)25(15-26(32)33)19-11-13-20(35-3)14-12-19/h4-14,16,18,25,29H,15H2,1-3H3,(H,32,33). The quantitative estimate of drug-likeness (QED) is 0.340. The first-order valence-corrected chi connectivity index (χ1v) is 11.5. The maximum absolute atomic E-state index is 14.1. The summed E-state index contributed by atoms with van der Waals surface area (Å²) in [6.45, 7) is 4.07. The first kappa shape index (κ1) is 22.5. The van der Waals surface area contributed by atoms with Crippen LogP contribution in [0.2, 0.25) is 0 Å². The number of aliphatic carboxylic acids is 1. The highest BCUT2D eigenvalue weighted by Gasteiger charge is 2.27. The normalized spacial score (nSPS) is 13.2. The number of aryl methyl sites for hydroxylation is 1. The number of carboxylic acids is 1. The van der Waals surface area contributed by atoms with Crippen molar-refractivity contribution in [3.63, 3.8) is 0 Å². The minimum absolute atomic E-state index is 0.221. The number of rotatable bonds is 7. The van der Waals surface area contributed by atoms with E-state index in [9.17, 15) is 14.7 Å². The number of imidazole rings is 1. The van der Waals surface area contributed by atoms with Gasteiger partial charge in [-0.05, 0) is 55.3 Å². The van der Waals surface area contributed by atoms with Gasteiger partial charge in [0, 0.05) is 22.7 Å². The van der Waals surface area contributed by atoms with Gasteiger partial charge in [-0.25, -0.2) is 4.79 Å². The molecule has 0 aliphatic rings. The molecule has 0 aliphatic heterocycles. The van der Waals surface area contributed by atoms with E-state index in [4.69, 9.17) is 4.74 Å². The number of carbonyl (C=O) groups is 1. The summed E-state index contributed by atoms with van der Waals surface area (Å²) in [6, 6.07) is 19.9. The molecule has 35 heavy (non-hydrogen) atoms. The summed E-state index contributed by atoms with van der Waals surface area (Å²) in [6.07, 6.45) is 1.74. The number of ether oxygens (including phenoxy) is 1. The van der Waals surface area contributed by atoms with Gasteiger partial charge in [-0.3, -0.25) is 13.9 Å². The van der Waals surface area contributed by atoms with Crippen molar-refractivity contribution in [2.45, 2.75) is 32.4 Å². The average molecular weight is 470 g/mol. The lowest BCUT2D eigenvalue weighted by molar-refractivity contribution is -0.137. The Morgan fingerprint density at radius 3 is 2.34 bits per heavy atom. The number of aromatic amines is 1. The van der Waals surface area contributed by atoms with E-state index in [1.54, 1.807) is 28.4 Å². The maximum Gasteiger partial charge on any atom is 0.330 e. The largest absolute Gasteiger partial charge is 0.497 e. The van der Waals surface area contributed by atoms with Crippen LogP contribution in [0.5, 0.6) is 5.75 Å². The Kier molecular flexibility index (Phi) is 5.68. The van der Waals surface area contributed by atoms with Crippen LogP contribution in [-0.2, 0) is 4.79 Å². The zero-order valence-electron chi connectivity index (χ0n) is 19.9. The lowest BCUT2D eigenvalue weighted by atomic mass is 10.0. The molecule has 0 radical (unpaired) electrons. The second kappa shape index (κ2) is 8.83. The molecule has 2 unspecified atom stereocenters. The van der Waals surface area contributed by atoms with Gasteiger partial charge < -0.3 is 14.8 Å². The van der Waals surface area contributed by atoms with Crippen molar-refractivity contribution in [2.24, 2.45) is 0 Å². The molecule has 0 amide bonds. The predicted octanol–water partition coefficient (Wildman–Crippen LogP) is 5.27.